The SMILES string of the molecule is CCSC(c1cnn(C)c1)C(N)CC. The molecule has 0 aliphatic heterocycles. The minimum Gasteiger partial charge on any atom is -0.326 e. The standard InChI is InChI=1S/C10H19N3S/c1-4-9(11)10(14-5-2)8-6-12-13(3)7-8/h6-7,9-10H,4-5,11H2,1-3H3. The van der Waals surface area contributed by atoms with Crippen molar-refractivity contribution in [3.05, 3.63) is 18.0 Å². The Morgan fingerprint density at radius 2 is 2.29 bits per heavy atom. The minimum absolute atomic E-state index is 0.226. The normalized spacial score (nSPS) is 15.4. The Balaban J connectivity index is 2.76. The van der Waals surface area contributed by atoms with Crippen molar-refractivity contribution in [2.45, 2.75) is 31.6 Å². The summed E-state index contributed by atoms with van der Waals surface area (Å²) in [6.07, 6.45) is 4.98. The van der Waals surface area contributed by atoms with E-state index >= 15 is 0 Å². The van der Waals surface area contributed by atoms with E-state index in [1.54, 1.807) is 0 Å². The number of nitrogens with two attached hydrogens (primary N) is 1. The molecule has 0 spiro atoms. The maximum Gasteiger partial charge on any atom is 0.0533 e. The quantitative estimate of drug-likeness (QED) is 0.813. The lowest BCUT2D eigenvalue weighted by Crippen LogP contribution is -2.25. The molecule has 0 saturated carbocycles. The third-order valence-electron chi connectivity index (χ3n) is 2.26. The lowest BCUT2D eigenvalue weighted by Gasteiger charge is -2.20. The second kappa shape index (κ2) is 5.41. The van der Waals surface area contributed by atoms with Gasteiger partial charge in [0.1, 0.15) is 0 Å². The van der Waals surface area contributed by atoms with Gasteiger partial charge in [-0.05, 0) is 12.2 Å². The fraction of sp³-hybridized carbons (Fsp3) is 0.700. The molecule has 0 bridgehead atoms. The summed E-state index contributed by atoms with van der Waals surface area (Å²) >= 11 is 1.90. The summed E-state index contributed by atoms with van der Waals surface area (Å²) in [6, 6.07) is 0.226. The van der Waals surface area contributed by atoms with Crippen LogP contribution < -0.4 is 5.73 Å². The molecule has 1 heterocycles. The van der Waals surface area contributed by atoms with Crippen molar-refractivity contribution in [2.24, 2.45) is 12.8 Å². The van der Waals surface area contributed by atoms with Gasteiger partial charge in [0.2, 0.25) is 0 Å². The molecule has 2 atom stereocenters. The van der Waals surface area contributed by atoms with Crippen LogP contribution in [0.15, 0.2) is 12.4 Å². The van der Waals surface area contributed by atoms with Crippen LogP contribution in [0.3, 0.4) is 0 Å². The van der Waals surface area contributed by atoms with Gasteiger partial charge in [0.05, 0.1) is 6.20 Å². The van der Waals surface area contributed by atoms with Crippen LogP contribution in [-0.4, -0.2) is 21.6 Å². The molecule has 2 N–H and O–H groups in total. The molecule has 0 aliphatic carbocycles. The van der Waals surface area contributed by atoms with Crippen LogP contribution in [0.5, 0.6) is 0 Å². The first kappa shape index (κ1) is 11.6. The maximum atomic E-state index is 6.09. The summed E-state index contributed by atoms with van der Waals surface area (Å²) in [4.78, 5) is 0. The smallest absolute Gasteiger partial charge is 0.0533 e. The molecule has 1 rings (SSSR count). The van der Waals surface area contributed by atoms with Crippen LogP contribution in [0.1, 0.15) is 31.1 Å². The molecule has 1 aromatic rings. The van der Waals surface area contributed by atoms with Crippen LogP contribution >= 0.6 is 11.8 Å². The van der Waals surface area contributed by atoms with E-state index in [2.05, 4.69) is 25.1 Å². The lowest BCUT2D eigenvalue weighted by molar-refractivity contribution is 0.634. The van der Waals surface area contributed by atoms with Gasteiger partial charge in [-0.15, -0.1) is 0 Å². The number of hydrogen-bond acceptors (Lipinski definition) is 3. The molecular weight excluding hydrogens is 194 g/mol. The number of aryl methyl sites for hydroxylation is 1. The number of thioether (sulfide) groups is 1. The summed E-state index contributed by atoms with van der Waals surface area (Å²) in [5.74, 6) is 1.09. The van der Waals surface area contributed by atoms with Gasteiger partial charge in [0, 0.05) is 30.1 Å². The highest BCUT2D eigenvalue weighted by molar-refractivity contribution is 7.99. The zero-order valence-electron chi connectivity index (χ0n) is 9.10. The molecule has 2 unspecified atom stereocenters. The van der Waals surface area contributed by atoms with Crippen molar-refractivity contribution < 1.29 is 0 Å². The molecule has 80 valence electrons. The highest BCUT2D eigenvalue weighted by atomic mass is 32.2. The van der Waals surface area contributed by atoms with E-state index in [-0.39, 0.29) is 6.04 Å². The number of aromatic nitrogens is 2. The first-order valence-corrected chi connectivity index (χ1v) is 6.09. The van der Waals surface area contributed by atoms with Gasteiger partial charge in [0.25, 0.3) is 0 Å². The van der Waals surface area contributed by atoms with Crippen LogP contribution in [0.4, 0.5) is 0 Å². The van der Waals surface area contributed by atoms with Gasteiger partial charge in [-0.3, -0.25) is 4.68 Å². The number of hydrogen-bond donors (Lipinski definition) is 1. The minimum atomic E-state index is 0.226. The molecule has 14 heavy (non-hydrogen) atoms. The van der Waals surface area contributed by atoms with Crippen molar-refractivity contribution in [3.63, 3.8) is 0 Å². The van der Waals surface area contributed by atoms with E-state index in [0.29, 0.717) is 5.25 Å². The molecule has 0 saturated heterocycles. The molecular formula is C10H19N3S. The summed E-state index contributed by atoms with van der Waals surface area (Å²) in [6.45, 7) is 4.29. The molecule has 0 aromatic carbocycles. The summed E-state index contributed by atoms with van der Waals surface area (Å²) in [5, 5.41) is 4.57. The molecule has 4 heteroatoms. The zero-order valence-corrected chi connectivity index (χ0v) is 9.92. The van der Waals surface area contributed by atoms with E-state index in [0.717, 1.165) is 12.2 Å². The van der Waals surface area contributed by atoms with Gasteiger partial charge in [-0.1, -0.05) is 13.8 Å². The monoisotopic (exact) mass is 213 g/mol. The topological polar surface area (TPSA) is 43.8 Å². The van der Waals surface area contributed by atoms with E-state index in [4.69, 9.17) is 5.73 Å². The fourth-order valence-electron chi connectivity index (χ4n) is 1.45. The average molecular weight is 213 g/mol. The van der Waals surface area contributed by atoms with E-state index < -0.39 is 0 Å². The van der Waals surface area contributed by atoms with E-state index in [1.165, 1.54) is 5.56 Å². The number of rotatable bonds is 5. The average Bonchev–Trinajstić information content (AvgIpc) is 2.60. The first-order valence-electron chi connectivity index (χ1n) is 5.04. The predicted octanol–water partition coefficient (Wildman–Crippen LogP) is 1.95. The highest BCUT2D eigenvalue weighted by Crippen LogP contribution is 2.31. The summed E-state index contributed by atoms with van der Waals surface area (Å²) in [7, 11) is 1.94. The second-order valence-electron chi connectivity index (χ2n) is 3.40. The molecule has 0 aliphatic rings. The molecule has 0 amide bonds. The van der Waals surface area contributed by atoms with Gasteiger partial charge in [-0.2, -0.15) is 16.9 Å². The van der Waals surface area contributed by atoms with Crippen molar-refractivity contribution in [1.82, 2.24) is 9.78 Å². The van der Waals surface area contributed by atoms with Crippen molar-refractivity contribution in [3.8, 4) is 0 Å². The Hall–Kier alpha value is -0.480. The van der Waals surface area contributed by atoms with E-state index in [9.17, 15) is 0 Å². The van der Waals surface area contributed by atoms with Crippen LogP contribution in [0.2, 0.25) is 0 Å². The van der Waals surface area contributed by atoms with Gasteiger partial charge < -0.3 is 5.73 Å². The third-order valence-corrected chi connectivity index (χ3v) is 3.57. The van der Waals surface area contributed by atoms with Gasteiger partial charge >= 0.3 is 0 Å². The molecule has 0 radical (unpaired) electrons. The Bertz CT molecular complexity index is 272. The van der Waals surface area contributed by atoms with Gasteiger partial charge in [-0.25, -0.2) is 0 Å². The third kappa shape index (κ3) is 2.75. The predicted molar refractivity (Wildman–Crippen MR) is 62.3 cm³/mol. The van der Waals surface area contributed by atoms with Crippen LogP contribution in [-0.2, 0) is 7.05 Å². The lowest BCUT2D eigenvalue weighted by atomic mass is 10.1. The van der Waals surface area contributed by atoms with Crippen LogP contribution in [0.25, 0.3) is 0 Å². The highest BCUT2D eigenvalue weighted by Gasteiger charge is 2.19. The van der Waals surface area contributed by atoms with E-state index in [1.807, 2.05) is 29.7 Å². The van der Waals surface area contributed by atoms with Crippen molar-refractivity contribution in [1.29, 1.82) is 0 Å². The second-order valence-corrected chi connectivity index (χ2v) is 4.81. The Kier molecular flexibility index (Phi) is 4.48. The largest absolute Gasteiger partial charge is 0.326 e. The number of nitrogens with zero attached hydrogens (tertiary/aromatic N) is 2. The first-order chi connectivity index (χ1) is 6.69. The molecule has 1 aromatic heterocycles. The maximum absolute atomic E-state index is 6.09. The molecule has 0 fully saturated rings. The molecule has 3 nitrogen and oxygen atoms in total. The zero-order chi connectivity index (χ0) is 10.6. The fourth-order valence-corrected chi connectivity index (χ4v) is 2.56. The van der Waals surface area contributed by atoms with Gasteiger partial charge in [0.15, 0.2) is 0 Å². The van der Waals surface area contributed by atoms with Crippen molar-refractivity contribution in [2.75, 3.05) is 5.75 Å². The Morgan fingerprint density at radius 3 is 2.71 bits per heavy atom. The van der Waals surface area contributed by atoms with Crippen molar-refractivity contribution >= 4 is 11.8 Å². The Labute approximate surface area is 90.1 Å². The Morgan fingerprint density at radius 1 is 1.57 bits per heavy atom. The summed E-state index contributed by atoms with van der Waals surface area (Å²) in [5.41, 5.74) is 7.33. The van der Waals surface area contributed by atoms with Crippen LogP contribution in [0, 0.1) is 0 Å². The summed E-state index contributed by atoms with van der Waals surface area (Å²) < 4.78 is 1.83.